The van der Waals surface area contributed by atoms with E-state index >= 15 is 0 Å². The van der Waals surface area contributed by atoms with Crippen molar-refractivity contribution in [2.24, 2.45) is 0 Å². The lowest BCUT2D eigenvalue weighted by molar-refractivity contribution is -0.160. The van der Waals surface area contributed by atoms with Crippen LogP contribution < -0.4 is 0 Å². The van der Waals surface area contributed by atoms with Gasteiger partial charge in [-0.3, -0.25) is 4.79 Å². The zero-order chi connectivity index (χ0) is 12.6. The number of esters is 1. The molecule has 16 heavy (non-hydrogen) atoms. The van der Waals surface area contributed by atoms with Crippen molar-refractivity contribution in [3.8, 4) is 0 Å². The Morgan fingerprint density at radius 3 is 2.31 bits per heavy atom. The number of aromatic nitrogens is 1. The molecule has 0 bridgehead atoms. The minimum absolute atomic E-state index is 0.248. The van der Waals surface area contributed by atoms with Gasteiger partial charge in [0.25, 0.3) is 0 Å². The molecule has 1 aromatic heterocycles. The molecule has 0 aliphatic carbocycles. The number of rotatable bonds is 2. The molecule has 0 radical (unpaired) electrons. The van der Waals surface area contributed by atoms with E-state index in [1.165, 1.54) is 11.3 Å². The van der Waals surface area contributed by atoms with Crippen molar-refractivity contribution in [2.75, 3.05) is 0 Å². The van der Waals surface area contributed by atoms with Gasteiger partial charge in [-0.05, 0) is 50.5 Å². The van der Waals surface area contributed by atoms with Crippen LogP contribution in [0.1, 0.15) is 39.6 Å². The van der Waals surface area contributed by atoms with Crippen LogP contribution in [0.3, 0.4) is 0 Å². The zero-order valence-corrected chi connectivity index (χ0v) is 12.5. The first-order valence-electron chi connectivity index (χ1n) is 4.98. The van der Waals surface area contributed by atoms with E-state index in [2.05, 4.69) is 20.9 Å². The maximum Gasteiger partial charge on any atom is 0.318 e. The van der Waals surface area contributed by atoms with Crippen LogP contribution in [0, 0.1) is 0 Å². The van der Waals surface area contributed by atoms with E-state index < -0.39 is 11.0 Å². The average molecular weight is 306 g/mol. The van der Waals surface area contributed by atoms with Crippen molar-refractivity contribution in [1.82, 2.24) is 4.98 Å². The van der Waals surface area contributed by atoms with Crippen molar-refractivity contribution >= 4 is 33.2 Å². The maximum atomic E-state index is 12.0. The van der Waals surface area contributed by atoms with Crippen molar-refractivity contribution < 1.29 is 9.53 Å². The fourth-order valence-electron chi connectivity index (χ4n) is 1.04. The number of hydrogen-bond acceptors (Lipinski definition) is 4. The summed E-state index contributed by atoms with van der Waals surface area (Å²) in [5.74, 6) is -0.248. The number of halogens is 1. The van der Waals surface area contributed by atoms with Crippen LogP contribution in [0.25, 0.3) is 0 Å². The van der Waals surface area contributed by atoms with Crippen molar-refractivity contribution in [2.45, 2.75) is 45.6 Å². The normalized spacial score (nSPS) is 12.6. The van der Waals surface area contributed by atoms with Gasteiger partial charge in [-0.15, -0.1) is 11.3 Å². The molecular weight excluding hydrogens is 290 g/mol. The summed E-state index contributed by atoms with van der Waals surface area (Å²) in [6.07, 6.45) is 1.70. The molecule has 0 spiro atoms. The Labute approximate surface area is 108 Å². The zero-order valence-electron chi connectivity index (χ0n) is 10.1. The summed E-state index contributed by atoms with van der Waals surface area (Å²) >= 11 is 4.79. The first-order chi connectivity index (χ1) is 7.13. The lowest BCUT2D eigenvalue weighted by Gasteiger charge is -2.26. The number of carbonyl (C=O) groups excluding carboxylic acids is 1. The summed E-state index contributed by atoms with van der Waals surface area (Å²) in [4.78, 5) is 16.2. The molecule has 0 atom stereocenters. The molecule has 90 valence electrons. The Hall–Kier alpha value is -0.420. The fraction of sp³-hybridized carbons (Fsp3) is 0.636. The molecule has 0 unspecified atom stereocenters. The van der Waals surface area contributed by atoms with Gasteiger partial charge in [0.1, 0.15) is 16.0 Å². The van der Waals surface area contributed by atoms with Gasteiger partial charge < -0.3 is 4.74 Å². The number of ether oxygens (including phenoxy) is 1. The third-order valence-corrected chi connectivity index (χ3v) is 3.72. The van der Waals surface area contributed by atoms with Crippen LogP contribution in [0.2, 0.25) is 0 Å². The third-order valence-electron chi connectivity index (χ3n) is 1.92. The topological polar surface area (TPSA) is 39.2 Å². The van der Waals surface area contributed by atoms with Crippen LogP contribution >= 0.6 is 27.3 Å². The number of thiazole rings is 1. The van der Waals surface area contributed by atoms with Gasteiger partial charge in [-0.2, -0.15) is 0 Å². The smallest absolute Gasteiger partial charge is 0.318 e. The molecular formula is C11H16BrNO2S. The molecule has 3 nitrogen and oxygen atoms in total. The standard InChI is InChI=1S/C11H16BrNO2S/c1-10(2,3)15-9(14)11(4,5)8-13-6-7(12)16-8/h6H,1-5H3. The highest BCUT2D eigenvalue weighted by Gasteiger charge is 2.36. The second kappa shape index (κ2) is 4.45. The minimum atomic E-state index is -0.704. The molecule has 1 rings (SSSR count). The maximum absolute atomic E-state index is 12.0. The van der Waals surface area contributed by atoms with Crippen LogP contribution in [0.5, 0.6) is 0 Å². The Kier molecular flexibility index (Phi) is 3.80. The Bertz CT molecular complexity index is 393. The molecule has 0 amide bonds. The third kappa shape index (κ3) is 3.28. The molecule has 5 heteroatoms. The van der Waals surface area contributed by atoms with E-state index in [1.807, 2.05) is 34.6 Å². The number of nitrogens with zero attached hydrogens (tertiary/aromatic N) is 1. The predicted octanol–water partition coefficient (Wildman–Crippen LogP) is 3.52. The number of hydrogen-bond donors (Lipinski definition) is 0. The van der Waals surface area contributed by atoms with Crippen LogP contribution in [-0.4, -0.2) is 16.6 Å². The van der Waals surface area contributed by atoms with Gasteiger partial charge in [0, 0.05) is 0 Å². The largest absolute Gasteiger partial charge is 0.459 e. The summed E-state index contributed by atoms with van der Waals surface area (Å²) in [5, 5.41) is 0.758. The molecule has 0 saturated heterocycles. The van der Waals surface area contributed by atoms with E-state index in [4.69, 9.17) is 4.74 Å². The molecule has 1 heterocycles. The van der Waals surface area contributed by atoms with Gasteiger partial charge >= 0.3 is 5.97 Å². The van der Waals surface area contributed by atoms with Gasteiger partial charge in [0.05, 0.1) is 9.98 Å². The van der Waals surface area contributed by atoms with Crippen molar-refractivity contribution in [1.29, 1.82) is 0 Å². The van der Waals surface area contributed by atoms with Gasteiger partial charge in [0.2, 0.25) is 0 Å². The Morgan fingerprint density at radius 2 is 1.94 bits per heavy atom. The first-order valence-corrected chi connectivity index (χ1v) is 6.59. The Morgan fingerprint density at radius 1 is 1.38 bits per heavy atom. The van der Waals surface area contributed by atoms with Crippen LogP contribution in [0.4, 0.5) is 0 Å². The quantitative estimate of drug-likeness (QED) is 0.785. The summed E-state index contributed by atoms with van der Waals surface area (Å²) in [7, 11) is 0. The fourth-order valence-corrected chi connectivity index (χ4v) is 2.33. The minimum Gasteiger partial charge on any atom is -0.459 e. The highest BCUT2D eigenvalue weighted by atomic mass is 79.9. The van der Waals surface area contributed by atoms with Gasteiger partial charge in [-0.1, -0.05) is 0 Å². The van der Waals surface area contributed by atoms with E-state index in [-0.39, 0.29) is 5.97 Å². The number of carbonyl (C=O) groups is 1. The summed E-state index contributed by atoms with van der Waals surface area (Å²) in [6, 6.07) is 0. The monoisotopic (exact) mass is 305 g/mol. The van der Waals surface area contributed by atoms with Crippen LogP contribution in [-0.2, 0) is 14.9 Å². The van der Waals surface area contributed by atoms with Crippen molar-refractivity contribution in [3.63, 3.8) is 0 Å². The summed E-state index contributed by atoms with van der Waals surface area (Å²) in [5.41, 5.74) is -1.17. The lowest BCUT2D eigenvalue weighted by atomic mass is 9.94. The first kappa shape index (κ1) is 13.6. The summed E-state index contributed by atoms with van der Waals surface area (Å²) in [6.45, 7) is 9.23. The van der Waals surface area contributed by atoms with Crippen LogP contribution in [0.15, 0.2) is 9.98 Å². The van der Waals surface area contributed by atoms with Gasteiger partial charge in [0.15, 0.2) is 0 Å². The molecule has 0 fully saturated rings. The molecule has 0 saturated carbocycles. The summed E-state index contributed by atoms with van der Waals surface area (Å²) < 4.78 is 6.29. The molecule has 0 N–H and O–H groups in total. The average Bonchev–Trinajstić information content (AvgIpc) is 2.48. The molecule has 0 aromatic carbocycles. The molecule has 0 aliphatic rings. The highest BCUT2D eigenvalue weighted by Crippen LogP contribution is 2.32. The van der Waals surface area contributed by atoms with E-state index in [1.54, 1.807) is 6.20 Å². The SMILES string of the molecule is CC(C)(C)OC(=O)C(C)(C)c1ncc(Br)s1. The molecule has 0 aliphatic heterocycles. The van der Waals surface area contributed by atoms with Crippen molar-refractivity contribution in [3.05, 3.63) is 15.0 Å². The van der Waals surface area contributed by atoms with E-state index in [0.717, 1.165) is 8.79 Å². The van der Waals surface area contributed by atoms with E-state index in [0.29, 0.717) is 0 Å². The van der Waals surface area contributed by atoms with E-state index in [9.17, 15) is 4.79 Å². The molecule has 1 aromatic rings. The predicted molar refractivity (Wildman–Crippen MR) is 68.7 cm³/mol. The lowest BCUT2D eigenvalue weighted by Crippen LogP contribution is -2.36. The Balaban J connectivity index is 2.90. The van der Waals surface area contributed by atoms with Gasteiger partial charge in [-0.25, -0.2) is 4.98 Å². The second-order valence-corrected chi connectivity index (χ2v) is 7.51. The highest BCUT2D eigenvalue weighted by molar-refractivity contribution is 9.11. The second-order valence-electron chi connectivity index (χ2n) is 5.10.